The van der Waals surface area contributed by atoms with Crippen LogP contribution in [0.2, 0.25) is 0 Å². The molecule has 2 aromatic rings. The first-order valence-electron chi connectivity index (χ1n) is 11.3. The minimum Gasteiger partial charge on any atom is -0.300 e. The Morgan fingerprint density at radius 2 is 0.794 bits per heavy atom. The zero-order valence-electron chi connectivity index (χ0n) is 20.8. The molecule has 0 fully saturated rings. The number of hydrogen-bond donors (Lipinski definition) is 0. The second-order valence-electron chi connectivity index (χ2n) is 8.82. The number of Topliss-reactive ketones (excluding diaryl/α,β-unsaturated/α-hetero) is 4. The second kappa shape index (κ2) is 12.1. The summed E-state index contributed by atoms with van der Waals surface area (Å²) in [5.74, 6) is 0.127. The molecule has 0 saturated carbocycles. The van der Waals surface area contributed by atoms with Crippen LogP contribution in [0.3, 0.4) is 0 Å². The molecular weight excluding hydrogens is 428 g/mol. The number of rotatable bonds is 11. The topological polar surface area (TPSA) is 93.0 Å². The van der Waals surface area contributed by atoms with Gasteiger partial charge in [-0.15, -0.1) is 0 Å². The molecule has 0 aliphatic rings. The van der Waals surface area contributed by atoms with E-state index in [0.717, 1.165) is 22.3 Å². The van der Waals surface area contributed by atoms with Crippen LogP contribution in [0, 0.1) is 0 Å². The van der Waals surface area contributed by atoms with E-state index in [9.17, 15) is 19.2 Å². The molecule has 0 radical (unpaired) electrons. The van der Waals surface area contributed by atoms with Crippen LogP contribution >= 0.6 is 0 Å². The molecule has 0 aliphatic carbocycles. The summed E-state index contributed by atoms with van der Waals surface area (Å²) in [6.07, 6.45) is 1.08. The number of ketones is 4. The van der Waals surface area contributed by atoms with Crippen molar-refractivity contribution in [2.75, 3.05) is 0 Å². The standard InChI is InChI=1S/C28H32N2O4/c1-17(31)11-23-7-9-27(15-25(23)13-19(3)33)29-21(5)22(6)30-28-10-8-24(12-18(2)32)26(16-28)14-20(4)34/h7-10,15-16H,11-14H2,1-6H3. The van der Waals surface area contributed by atoms with Gasteiger partial charge in [0.1, 0.15) is 23.1 Å². The zero-order valence-corrected chi connectivity index (χ0v) is 20.8. The highest BCUT2D eigenvalue weighted by Crippen LogP contribution is 2.23. The van der Waals surface area contributed by atoms with Crippen molar-refractivity contribution >= 4 is 45.9 Å². The van der Waals surface area contributed by atoms with Crippen molar-refractivity contribution in [1.29, 1.82) is 0 Å². The molecule has 0 atom stereocenters. The number of hydrogen-bond acceptors (Lipinski definition) is 6. The molecule has 2 aromatic carbocycles. The Morgan fingerprint density at radius 3 is 1.09 bits per heavy atom. The van der Waals surface area contributed by atoms with Gasteiger partial charge in [-0.3, -0.25) is 29.2 Å². The van der Waals surface area contributed by atoms with Crippen LogP contribution in [-0.4, -0.2) is 34.6 Å². The Kier molecular flexibility index (Phi) is 9.48. The van der Waals surface area contributed by atoms with Gasteiger partial charge < -0.3 is 0 Å². The lowest BCUT2D eigenvalue weighted by Crippen LogP contribution is -2.07. The largest absolute Gasteiger partial charge is 0.300 e. The average molecular weight is 461 g/mol. The molecule has 6 nitrogen and oxygen atoms in total. The van der Waals surface area contributed by atoms with E-state index in [2.05, 4.69) is 9.98 Å². The van der Waals surface area contributed by atoms with Crippen molar-refractivity contribution in [3.63, 3.8) is 0 Å². The van der Waals surface area contributed by atoms with E-state index >= 15 is 0 Å². The maximum atomic E-state index is 11.7. The summed E-state index contributed by atoms with van der Waals surface area (Å²) in [6, 6.07) is 11.1. The third-order valence-electron chi connectivity index (χ3n) is 5.25. The number of carbonyl (C=O) groups is 4. The van der Waals surface area contributed by atoms with E-state index in [1.807, 2.05) is 50.2 Å². The van der Waals surface area contributed by atoms with E-state index in [1.54, 1.807) is 0 Å². The quantitative estimate of drug-likeness (QED) is 0.436. The van der Waals surface area contributed by atoms with Gasteiger partial charge in [0, 0.05) is 25.7 Å². The van der Waals surface area contributed by atoms with Crippen LogP contribution < -0.4 is 0 Å². The Balaban J connectivity index is 2.37. The first kappa shape index (κ1) is 26.7. The average Bonchev–Trinajstić information content (AvgIpc) is 2.70. The lowest BCUT2D eigenvalue weighted by Gasteiger charge is -2.10. The van der Waals surface area contributed by atoms with Gasteiger partial charge in [0.05, 0.1) is 22.8 Å². The minimum absolute atomic E-state index is 0.0231. The third-order valence-corrected chi connectivity index (χ3v) is 5.25. The van der Waals surface area contributed by atoms with Crippen LogP contribution in [-0.2, 0) is 44.9 Å². The molecule has 0 saturated heterocycles. The molecule has 0 aromatic heterocycles. The predicted octanol–water partition coefficient (Wildman–Crippen LogP) is 5.10. The SMILES string of the molecule is CC(=O)Cc1ccc(N=C(C)C(C)=Nc2ccc(CC(C)=O)c(CC(C)=O)c2)cc1CC(C)=O. The Hall–Kier alpha value is -3.54. The van der Waals surface area contributed by atoms with Gasteiger partial charge in [0.2, 0.25) is 0 Å². The van der Waals surface area contributed by atoms with Crippen LogP contribution in [0.5, 0.6) is 0 Å². The fourth-order valence-electron chi connectivity index (χ4n) is 3.66. The van der Waals surface area contributed by atoms with Crippen LogP contribution in [0.15, 0.2) is 46.4 Å². The lowest BCUT2D eigenvalue weighted by atomic mass is 9.98. The minimum atomic E-state index is 0.0231. The molecule has 0 amide bonds. The Morgan fingerprint density at radius 1 is 0.500 bits per heavy atom. The maximum Gasteiger partial charge on any atom is 0.134 e. The van der Waals surface area contributed by atoms with E-state index in [0.29, 0.717) is 22.8 Å². The third kappa shape index (κ3) is 8.43. The molecule has 0 bridgehead atoms. The van der Waals surface area contributed by atoms with Crippen molar-refractivity contribution < 1.29 is 19.2 Å². The molecule has 0 N–H and O–H groups in total. The highest BCUT2D eigenvalue weighted by molar-refractivity contribution is 6.41. The van der Waals surface area contributed by atoms with Gasteiger partial charge in [-0.1, -0.05) is 12.1 Å². The fraction of sp³-hybridized carbons (Fsp3) is 0.357. The van der Waals surface area contributed by atoms with Gasteiger partial charge in [-0.25, -0.2) is 0 Å². The Bertz CT molecular complexity index is 1100. The van der Waals surface area contributed by atoms with Crippen LogP contribution in [0.1, 0.15) is 63.8 Å². The van der Waals surface area contributed by atoms with E-state index in [1.165, 1.54) is 27.7 Å². The lowest BCUT2D eigenvalue weighted by molar-refractivity contribution is -0.117. The van der Waals surface area contributed by atoms with Crippen molar-refractivity contribution in [1.82, 2.24) is 0 Å². The molecule has 2 rings (SSSR count). The smallest absolute Gasteiger partial charge is 0.134 e. The van der Waals surface area contributed by atoms with Gasteiger partial charge in [-0.05, 0) is 88.1 Å². The number of nitrogens with zero attached hydrogens (tertiary/aromatic N) is 2. The molecule has 0 aliphatic heterocycles. The molecule has 34 heavy (non-hydrogen) atoms. The molecule has 0 spiro atoms. The van der Waals surface area contributed by atoms with Crippen molar-refractivity contribution in [3.05, 3.63) is 58.7 Å². The van der Waals surface area contributed by atoms with Crippen molar-refractivity contribution in [2.45, 2.75) is 67.2 Å². The summed E-state index contributed by atoms with van der Waals surface area (Å²) >= 11 is 0. The van der Waals surface area contributed by atoms with Crippen molar-refractivity contribution in [3.8, 4) is 0 Å². The molecular formula is C28H32N2O4. The highest BCUT2D eigenvalue weighted by atomic mass is 16.1. The summed E-state index contributed by atoms with van der Waals surface area (Å²) < 4.78 is 0. The predicted molar refractivity (Wildman–Crippen MR) is 136 cm³/mol. The molecule has 178 valence electrons. The van der Waals surface area contributed by atoms with E-state index < -0.39 is 0 Å². The summed E-state index contributed by atoms with van der Waals surface area (Å²) in [7, 11) is 0. The first-order valence-corrected chi connectivity index (χ1v) is 11.3. The van der Waals surface area contributed by atoms with Crippen LogP contribution in [0.25, 0.3) is 0 Å². The normalized spacial score (nSPS) is 11.9. The number of carbonyl (C=O) groups excluding carboxylic acids is 4. The van der Waals surface area contributed by atoms with Gasteiger partial charge in [-0.2, -0.15) is 0 Å². The molecule has 6 heteroatoms. The molecule has 0 unspecified atom stereocenters. The van der Waals surface area contributed by atoms with E-state index in [4.69, 9.17) is 0 Å². The van der Waals surface area contributed by atoms with E-state index in [-0.39, 0.29) is 48.8 Å². The summed E-state index contributed by atoms with van der Waals surface area (Å²) in [5, 5.41) is 0. The van der Waals surface area contributed by atoms with Crippen molar-refractivity contribution in [2.24, 2.45) is 9.98 Å². The monoisotopic (exact) mass is 460 g/mol. The first-order chi connectivity index (χ1) is 15.9. The summed E-state index contributed by atoms with van der Waals surface area (Å²) in [4.78, 5) is 55.9. The number of aliphatic imine (C=N–C) groups is 2. The summed E-state index contributed by atoms with van der Waals surface area (Å²) in [5.41, 5.74) is 6.07. The number of benzene rings is 2. The highest BCUT2D eigenvalue weighted by Gasteiger charge is 2.11. The van der Waals surface area contributed by atoms with Crippen LogP contribution in [0.4, 0.5) is 11.4 Å². The Labute approximate surface area is 201 Å². The zero-order chi connectivity index (χ0) is 25.4. The second-order valence-corrected chi connectivity index (χ2v) is 8.82. The maximum absolute atomic E-state index is 11.7. The summed E-state index contributed by atoms with van der Waals surface area (Å²) in [6.45, 7) is 9.82. The van der Waals surface area contributed by atoms with Gasteiger partial charge in [0.15, 0.2) is 0 Å². The molecule has 0 heterocycles. The van der Waals surface area contributed by atoms with Gasteiger partial charge in [0.25, 0.3) is 0 Å². The van der Waals surface area contributed by atoms with Gasteiger partial charge >= 0.3 is 0 Å². The fourth-order valence-corrected chi connectivity index (χ4v) is 3.66.